The summed E-state index contributed by atoms with van der Waals surface area (Å²) in [5.74, 6) is 0.207. The highest BCUT2D eigenvalue weighted by Gasteiger charge is 2.46. The highest BCUT2D eigenvalue weighted by atomic mass is 16.6. The summed E-state index contributed by atoms with van der Waals surface area (Å²) in [5, 5.41) is 49.1. The van der Waals surface area contributed by atoms with Gasteiger partial charge in [0, 0.05) is 5.56 Å². The molecule has 1 fully saturated rings. The second-order valence-electron chi connectivity index (χ2n) is 6.22. The Morgan fingerprint density at radius 1 is 0.885 bits per heavy atom. The van der Waals surface area contributed by atoms with Crippen LogP contribution in [-0.2, 0) is 4.74 Å². The van der Waals surface area contributed by atoms with Crippen molar-refractivity contribution >= 4 is 10.8 Å². The maximum absolute atomic E-state index is 10.2. The van der Waals surface area contributed by atoms with E-state index in [0.29, 0.717) is 0 Å². The summed E-state index contributed by atoms with van der Waals surface area (Å²) in [7, 11) is 0. The van der Waals surface area contributed by atoms with Crippen LogP contribution >= 0.6 is 0 Å². The summed E-state index contributed by atoms with van der Waals surface area (Å²) in [4.78, 5) is 0. The maximum Gasteiger partial charge on any atom is 0.248 e. The van der Waals surface area contributed by atoms with Crippen molar-refractivity contribution in [2.24, 2.45) is 0 Å². The molecule has 1 aliphatic rings. The molecule has 0 aliphatic carbocycles. The molecule has 0 amide bonds. The first-order valence-electron chi connectivity index (χ1n) is 8.22. The van der Waals surface area contributed by atoms with Gasteiger partial charge < -0.3 is 29.6 Å². The molecule has 0 spiro atoms. The summed E-state index contributed by atoms with van der Waals surface area (Å²) < 4.78 is 11.1. The summed E-state index contributed by atoms with van der Waals surface area (Å²) in [6.45, 7) is -0.522. The van der Waals surface area contributed by atoms with Crippen molar-refractivity contribution < 1.29 is 29.6 Å². The largest absolute Gasteiger partial charge is 0.418 e. The minimum atomic E-state index is -1.50. The van der Waals surface area contributed by atoms with E-state index in [-0.39, 0.29) is 11.8 Å². The minimum Gasteiger partial charge on any atom is -0.418 e. The molecular formula is C18H18N2O6. The Labute approximate surface area is 148 Å². The Hall–Kier alpha value is -2.36. The lowest BCUT2D eigenvalue weighted by Gasteiger charge is -2.38. The Balaban J connectivity index is 1.69. The number of aromatic nitrogens is 2. The normalized spacial score (nSPS) is 29.2. The Morgan fingerprint density at radius 3 is 2.46 bits per heavy atom. The molecular weight excluding hydrogens is 340 g/mol. The topological polar surface area (TPSA) is 129 Å². The quantitative estimate of drug-likeness (QED) is 0.530. The van der Waals surface area contributed by atoms with Crippen LogP contribution in [-0.4, -0.2) is 61.6 Å². The van der Waals surface area contributed by atoms with Gasteiger partial charge in [0.15, 0.2) is 6.10 Å². The van der Waals surface area contributed by atoms with Crippen LogP contribution < -0.4 is 0 Å². The van der Waals surface area contributed by atoms with Crippen LogP contribution in [0.5, 0.6) is 0 Å². The van der Waals surface area contributed by atoms with Gasteiger partial charge in [-0.2, -0.15) is 0 Å². The summed E-state index contributed by atoms with van der Waals surface area (Å²) in [6.07, 6.45) is -6.59. The van der Waals surface area contributed by atoms with E-state index in [4.69, 9.17) is 9.15 Å². The molecule has 2 heterocycles. The van der Waals surface area contributed by atoms with Crippen molar-refractivity contribution in [1.82, 2.24) is 10.2 Å². The predicted molar refractivity (Wildman–Crippen MR) is 90.0 cm³/mol. The van der Waals surface area contributed by atoms with E-state index in [1.165, 1.54) is 0 Å². The van der Waals surface area contributed by atoms with Gasteiger partial charge in [0.05, 0.1) is 6.61 Å². The lowest BCUT2D eigenvalue weighted by molar-refractivity contribution is -0.236. The zero-order valence-electron chi connectivity index (χ0n) is 13.6. The molecule has 0 bridgehead atoms. The summed E-state index contributed by atoms with van der Waals surface area (Å²) in [5.41, 5.74) is 0.728. The highest BCUT2D eigenvalue weighted by molar-refractivity contribution is 5.94. The van der Waals surface area contributed by atoms with Gasteiger partial charge in [-0.3, -0.25) is 0 Å². The lowest BCUT2D eigenvalue weighted by Crippen LogP contribution is -2.55. The summed E-state index contributed by atoms with van der Waals surface area (Å²) >= 11 is 0. The van der Waals surface area contributed by atoms with Crippen LogP contribution in [0.15, 0.2) is 46.9 Å². The van der Waals surface area contributed by atoms with Crippen LogP contribution in [0.3, 0.4) is 0 Å². The second-order valence-corrected chi connectivity index (χ2v) is 6.22. The third kappa shape index (κ3) is 2.77. The number of benzene rings is 2. The molecule has 1 saturated heterocycles. The SMILES string of the molecule is OC[C@H]1O[C@@H](c2nnc(-c3cccc4ccccc34)o2)[C@H](O)[C@@H](O)[C@@H]1O. The van der Waals surface area contributed by atoms with E-state index in [9.17, 15) is 20.4 Å². The van der Waals surface area contributed by atoms with Crippen molar-refractivity contribution in [3.05, 3.63) is 48.4 Å². The average Bonchev–Trinajstić information content (AvgIpc) is 3.15. The number of fused-ring (bicyclic) bond motifs is 1. The number of hydrogen-bond donors (Lipinski definition) is 4. The van der Waals surface area contributed by atoms with E-state index < -0.39 is 37.1 Å². The fourth-order valence-corrected chi connectivity index (χ4v) is 3.18. The van der Waals surface area contributed by atoms with E-state index in [1.807, 2.05) is 42.5 Å². The molecule has 0 unspecified atom stereocenters. The van der Waals surface area contributed by atoms with Crippen LogP contribution in [0, 0.1) is 0 Å². The monoisotopic (exact) mass is 358 g/mol. The van der Waals surface area contributed by atoms with Gasteiger partial charge in [-0.15, -0.1) is 10.2 Å². The van der Waals surface area contributed by atoms with Gasteiger partial charge >= 0.3 is 0 Å². The van der Waals surface area contributed by atoms with Gasteiger partial charge in [-0.25, -0.2) is 0 Å². The third-order valence-corrected chi connectivity index (χ3v) is 4.60. The Kier molecular flexibility index (Phi) is 4.43. The second kappa shape index (κ2) is 6.75. The molecule has 2 aromatic carbocycles. The third-order valence-electron chi connectivity index (χ3n) is 4.60. The molecule has 136 valence electrons. The van der Waals surface area contributed by atoms with Crippen molar-refractivity contribution in [2.45, 2.75) is 30.5 Å². The number of aliphatic hydroxyl groups excluding tert-OH is 4. The lowest BCUT2D eigenvalue weighted by atomic mass is 9.95. The van der Waals surface area contributed by atoms with Crippen molar-refractivity contribution in [3.8, 4) is 11.5 Å². The Bertz CT molecular complexity index is 906. The van der Waals surface area contributed by atoms with Crippen LogP contribution in [0.1, 0.15) is 12.0 Å². The van der Waals surface area contributed by atoms with Crippen LogP contribution in [0.2, 0.25) is 0 Å². The van der Waals surface area contributed by atoms with Gasteiger partial charge in [0.25, 0.3) is 0 Å². The molecule has 0 saturated carbocycles. The number of aliphatic hydroxyl groups is 4. The molecule has 4 rings (SSSR count). The number of ether oxygens (including phenoxy) is 1. The fraction of sp³-hybridized carbons (Fsp3) is 0.333. The number of hydrogen-bond acceptors (Lipinski definition) is 8. The van der Waals surface area contributed by atoms with Gasteiger partial charge in [-0.05, 0) is 16.8 Å². The van der Waals surface area contributed by atoms with Gasteiger partial charge in [0.1, 0.15) is 24.4 Å². The molecule has 4 N–H and O–H groups in total. The number of rotatable bonds is 3. The number of nitrogens with zero attached hydrogens (tertiary/aromatic N) is 2. The maximum atomic E-state index is 10.2. The minimum absolute atomic E-state index is 0.0372. The zero-order valence-corrected chi connectivity index (χ0v) is 13.6. The Morgan fingerprint density at radius 2 is 1.65 bits per heavy atom. The molecule has 1 aliphatic heterocycles. The standard InChI is InChI=1S/C18H18N2O6/c21-8-12-13(22)14(23)15(24)16(25-12)18-20-19-17(26-18)11-7-3-5-9-4-1-2-6-10(9)11/h1-7,12-16,21-24H,8H2/t12-,13-,14+,15-,16-/m1/s1. The molecule has 0 radical (unpaired) electrons. The zero-order chi connectivity index (χ0) is 18.3. The van der Waals surface area contributed by atoms with E-state index in [1.54, 1.807) is 0 Å². The molecule has 8 heteroatoms. The first-order chi connectivity index (χ1) is 12.6. The van der Waals surface area contributed by atoms with E-state index >= 15 is 0 Å². The first kappa shape index (κ1) is 17.1. The van der Waals surface area contributed by atoms with Crippen LogP contribution in [0.4, 0.5) is 0 Å². The average molecular weight is 358 g/mol. The van der Waals surface area contributed by atoms with Gasteiger partial charge in [0.2, 0.25) is 11.8 Å². The van der Waals surface area contributed by atoms with Crippen molar-refractivity contribution in [3.63, 3.8) is 0 Å². The summed E-state index contributed by atoms with van der Waals surface area (Å²) in [6, 6.07) is 13.4. The molecule has 5 atom stereocenters. The fourth-order valence-electron chi connectivity index (χ4n) is 3.18. The van der Waals surface area contributed by atoms with Gasteiger partial charge in [-0.1, -0.05) is 36.4 Å². The van der Waals surface area contributed by atoms with E-state index in [0.717, 1.165) is 16.3 Å². The van der Waals surface area contributed by atoms with Crippen molar-refractivity contribution in [1.29, 1.82) is 0 Å². The van der Waals surface area contributed by atoms with E-state index in [2.05, 4.69) is 10.2 Å². The predicted octanol–water partition coefficient (Wildman–Crippen LogP) is 0.405. The molecule has 3 aromatic rings. The highest BCUT2D eigenvalue weighted by Crippen LogP contribution is 2.34. The van der Waals surface area contributed by atoms with Crippen molar-refractivity contribution in [2.75, 3.05) is 6.61 Å². The first-order valence-corrected chi connectivity index (χ1v) is 8.22. The molecule has 26 heavy (non-hydrogen) atoms. The van der Waals surface area contributed by atoms with Crippen LogP contribution in [0.25, 0.3) is 22.2 Å². The smallest absolute Gasteiger partial charge is 0.248 e. The molecule has 8 nitrogen and oxygen atoms in total. The molecule has 1 aromatic heterocycles.